The molecule has 1 unspecified atom stereocenters. The molecule has 1 saturated heterocycles. The van der Waals surface area contributed by atoms with Gasteiger partial charge in [-0.05, 0) is 18.9 Å². The lowest BCUT2D eigenvalue weighted by Crippen LogP contribution is -2.40. The van der Waals surface area contributed by atoms with Crippen molar-refractivity contribution < 1.29 is 9.59 Å². The zero-order valence-corrected chi connectivity index (χ0v) is 14.1. The first-order chi connectivity index (χ1) is 12.1. The number of fused-ring (bicyclic) bond motifs is 1. The van der Waals surface area contributed by atoms with E-state index < -0.39 is 5.91 Å². The van der Waals surface area contributed by atoms with Crippen molar-refractivity contribution in [1.29, 1.82) is 0 Å². The van der Waals surface area contributed by atoms with Gasteiger partial charge in [0.05, 0.1) is 11.2 Å². The van der Waals surface area contributed by atoms with Crippen molar-refractivity contribution in [3.8, 4) is 0 Å². The third-order valence-corrected chi connectivity index (χ3v) is 5.33. The fraction of sp³-hybridized carbons (Fsp3) is 0.312. The van der Waals surface area contributed by atoms with Crippen LogP contribution in [0.5, 0.6) is 0 Å². The van der Waals surface area contributed by atoms with Crippen LogP contribution in [0.2, 0.25) is 0 Å². The number of rotatable bonds is 3. The highest BCUT2D eigenvalue weighted by Crippen LogP contribution is 2.29. The van der Waals surface area contributed by atoms with Gasteiger partial charge in [0.1, 0.15) is 11.3 Å². The lowest BCUT2D eigenvalue weighted by Gasteiger charge is -2.31. The van der Waals surface area contributed by atoms with E-state index in [4.69, 9.17) is 5.73 Å². The summed E-state index contributed by atoms with van der Waals surface area (Å²) in [6.07, 6.45) is 6.59. The van der Waals surface area contributed by atoms with Crippen molar-refractivity contribution in [3.63, 3.8) is 0 Å². The van der Waals surface area contributed by atoms with E-state index in [1.165, 1.54) is 16.9 Å². The maximum atomic E-state index is 13.0. The van der Waals surface area contributed by atoms with Crippen LogP contribution in [0.4, 0.5) is 0 Å². The molecule has 2 N–H and O–H groups in total. The minimum absolute atomic E-state index is 0.132. The monoisotopic (exact) mass is 356 g/mol. The average molecular weight is 356 g/mol. The van der Waals surface area contributed by atoms with Gasteiger partial charge in [0, 0.05) is 36.8 Å². The van der Waals surface area contributed by atoms with E-state index in [0.717, 1.165) is 17.8 Å². The van der Waals surface area contributed by atoms with Crippen molar-refractivity contribution in [2.45, 2.75) is 18.8 Å². The zero-order chi connectivity index (χ0) is 17.4. The van der Waals surface area contributed by atoms with Crippen molar-refractivity contribution in [3.05, 3.63) is 46.3 Å². The Labute approximate surface area is 147 Å². The third-order valence-electron chi connectivity index (χ3n) is 4.40. The summed E-state index contributed by atoms with van der Waals surface area (Å²) in [5.41, 5.74) is 6.21. The molecule has 3 aromatic heterocycles. The van der Waals surface area contributed by atoms with Crippen LogP contribution in [0.15, 0.2) is 30.0 Å². The molecule has 1 aliphatic heterocycles. The zero-order valence-electron chi connectivity index (χ0n) is 13.3. The van der Waals surface area contributed by atoms with Gasteiger partial charge in [-0.1, -0.05) is 0 Å². The van der Waals surface area contributed by atoms with Crippen LogP contribution in [0.3, 0.4) is 0 Å². The van der Waals surface area contributed by atoms with Crippen molar-refractivity contribution >= 4 is 28.8 Å². The standard InChI is InChI=1S/C16H16N6O2S/c17-13(23)11-8-20-22-12(3-4-18-14(11)22)16(24)21-6-1-2-10(9-21)15-19-5-7-25-15/h3-5,7-8,10H,1-2,6,9H2,(H2,17,23). The van der Waals surface area contributed by atoms with E-state index in [1.54, 1.807) is 23.6 Å². The van der Waals surface area contributed by atoms with Crippen molar-refractivity contribution in [1.82, 2.24) is 24.5 Å². The number of carbonyl (C=O) groups is 2. The van der Waals surface area contributed by atoms with Gasteiger partial charge in [-0.2, -0.15) is 5.10 Å². The molecule has 9 heteroatoms. The number of carbonyl (C=O) groups excluding carboxylic acids is 2. The Morgan fingerprint density at radius 1 is 1.28 bits per heavy atom. The molecule has 128 valence electrons. The van der Waals surface area contributed by atoms with Gasteiger partial charge in [-0.15, -0.1) is 11.3 Å². The average Bonchev–Trinajstić information content (AvgIpc) is 3.30. The van der Waals surface area contributed by atoms with Gasteiger partial charge >= 0.3 is 0 Å². The molecule has 8 nitrogen and oxygen atoms in total. The summed E-state index contributed by atoms with van der Waals surface area (Å²) in [6.45, 7) is 1.31. The van der Waals surface area contributed by atoms with Crippen LogP contribution in [0.25, 0.3) is 5.65 Å². The van der Waals surface area contributed by atoms with E-state index in [-0.39, 0.29) is 17.4 Å². The molecular formula is C16H16N6O2S. The predicted molar refractivity (Wildman–Crippen MR) is 91.5 cm³/mol. The summed E-state index contributed by atoms with van der Waals surface area (Å²) in [7, 11) is 0. The molecule has 0 bridgehead atoms. The van der Waals surface area contributed by atoms with Gasteiger partial charge in [0.15, 0.2) is 5.65 Å². The highest BCUT2D eigenvalue weighted by Gasteiger charge is 2.28. The number of nitrogens with two attached hydrogens (primary N) is 1. The highest BCUT2D eigenvalue weighted by atomic mass is 32.1. The topological polar surface area (TPSA) is 106 Å². The van der Waals surface area contributed by atoms with Crippen LogP contribution in [-0.2, 0) is 0 Å². The Kier molecular flexibility index (Phi) is 3.92. The van der Waals surface area contributed by atoms with Gasteiger partial charge < -0.3 is 10.6 Å². The normalized spacial score (nSPS) is 17.8. The molecule has 0 spiro atoms. The number of hydrogen-bond acceptors (Lipinski definition) is 6. The molecule has 2 amide bonds. The predicted octanol–water partition coefficient (Wildman–Crippen LogP) is 1.30. The summed E-state index contributed by atoms with van der Waals surface area (Å²) >= 11 is 1.62. The van der Waals surface area contributed by atoms with Crippen molar-refractivity contribution in [2.75, 3.05) is 13.1 Å². The first kappa shape index (κ1) is 15.7. The number of piperidine rings is 1. The third kappa shape index (κ3) is 2.76. The second kappa shape index (κ2) is 6.25. The van der Waals surface area contributed by atoms with Gasteiger partial charge in [0.25, 0.3) is 11.8 Å². The SMILES string of the molecule is NC(=O)c1cnn2c(C(=O)N3CCCC(c4nccs4)C3)ccnc12. The largest absolute Gasteiger partial charge is 0.365 e. The summed E-state index contributed by atoms with van der Waals surface area (Å²) < 4.78 is 1.38. The number of aromatic nitrogens is 4. The maximum Gasteiger partial charge on any atom is 0.272 e. The van der Waals surface area contributed by atoms with E-state index in [2.05, 4.69) is 15.1 Å². The quantitative estimate of drug-likeness (QED) is 0.761. The smallest absolute Gasteiger partial charge is 0.272 e. The van der Waals surface area contributed by atoms with Gasteiger partial charge in [-0.3, -0.25) is 9.59 Å². The summed E-state index contributed by atoms with van der Waals surface area (Å²) in [5, 5.41) is 7.14. The lowest BCUT2D eigenvalue weighted by atomic mass is 9.98. The van der Waals surface area contributed by atoms with Crippen LogP contribution in [0.1, 0.15) is 44.6 Å². The van der Waals surface area contributed by atoms with Gasteiger partial charge in [-0.25, -0.2) is 14.5 Å². The fourth-order valence-corrected chi connectivity index (χ4v) is 3.96. The van der Waals surface area contributed by atoms with Gasteiger partial charge in [0.2, 0.25) is 0 Å². The molecule has 3 aromatic rings. The molecule has 0 aromatic carbocycles. The Morgan fingerprint density at radius 2 is 2.16 bits per heavy atom. The van der Waals surface area contributed by atoms with E-state index in [1.807, 2.05) is 10.3 Å². The number of likely N-dealkylation sites (tertiary alicyclic amines) is 1. The number of nitrogens with zero attached hydrogens (tertiary/aromatic N) is 5. The maximum absolute atomic E-state index is 13.0. The molecule has 0 saturated carbocycles. The number of thiazole rings is 1. The Hall–Kier alpha value is -2.81. The van der Waals surface area contributed by atoms with E-state index >= 15 is 0 Å². The van der Waals surface area contributed by atoms with Crippen LogP contribution >= 0.6 is 11.3 Å². The lowest BCUT2D eigenvalue weighted by molar-refractivity contribution is 0.0697. The first-order valence-electron chi connectivity index (χ1n) is 7.96. The highest BCUT2D eigenvalue weighted by molar-refractivity contribution is 7.09. The number of hydrogen-bond donors (Lipinski definition) is 1. The van der Waals surface area contributed by atoms with E-state index in [9.17, 15) is 9.59 Å². The van der Waals surface area contributed by atoms with Crippen LogP contribution < -0.4 is 5.73 Å². The second-order valence-corrected chi connectivity index (χ2v) is 6.87. The summed E-state index contributed by atoms with van der Waals surface area (Å²) in [6, 6.07) is 1.61. The molecular weight excluding hydrogens is 340 g/mol. The number of amides is 2. The minimum atomic E-state index is -0.617. The Bertz CT molecular complexity index is 935. The Morgan fingerprint density at radius 3 is 2.92 bits per heavy atom. The van der Waals surface area contributed by atoms with E-state index in [0.29, 0.717) is 24.4 Å². The summed E-state index contributed by atoms with van der Waals surface area (Å²) in [5.74, 6) is -0.490. The van der Waals surface area contributed by atoms with Crippen LogP contribution in [0, 0.1) is 0 Å². The fourth-order valence-electron chi connectivity index (χ4n) is 3.19. The molecule has 4 heterocycles. The minimum Gasteiger partial charge on any atom is -0.365 e. The second-order valence-electron chi connectivity index (χ2n) is 5.95. The van der Waals surface area contributed by atoms with Crippen LogP contribution in [-0.4, -0.2) is 49.4 Å². The summed E-state index contributed by atoms with van der Waals surface area (Å²) in [4.78, 5) is 34.8. The first-order valence-corrected chi connectivity index (χ1v) is 8.84. The molecule has 1 aliphatic rings. The molecule has 4 rings (SSSR count). The molecule has 0 radical (unpaired) electrons. The Balaban J connectivity index is 1.64. The molecule has 0 aliphatic carbocycles. The molecule has 1 fully saturated rings. The molecule has 1 atom stereocenters. The number of primary amides is 1. The molecule has 25 heavy (non-hydrogen) atoms. The van der Waals surface area contributed by atoms with Crippen molar-refractivity contribution in [2.24, 2.45) is 5.73 Å².